The van der Waals surface area contributed by atoms with Crippen LogP contribution in [0.1, 0.15) is 18.9 Å². The Labute approximate surface area is 237 Å². The zero-order chi connectivity index (χ0) is 28.0. The fourth-order valence-corrected chi connectivity index (χ4v) is 5.01. The number of aromatic nitrogens is 5. The van der Waals surface area contributed by atoms with Gasteiger partial charge in [0.2, 0.25) is 5.91 Å². The van der Waals surface area contributed by atoms with Gasteiger partial charge in [-0.3, -0.25) is 4.79 Å². The van der Waals surface area contributed by atoms with Crippen LogP contribution in [0.5, 0.6) is 11.5 Å². The van der Waals surface area contributed by atoms with Crippen LogP contribution in [0, 0.1) is 0 Å². The van der Waals surface area contributed by atoms with Gasteiger partial charge in [-0.2, -0.15) is 5.10 Å². The van der Waals surface area contributed by atoms with E-state index in [0.29, 0.717) is 42.2 Å². The van der Waals surface area contributed by atoms with E-state index in [9.17, 15) is 4.79 Å². The number of nitrogens with one attached hydrogen (secondary N) is 1. The third-order valence-electron chi connectivity index (χ3n) is 7.01. The van der Waals surface area contributed by atoms with Gasteiger partial charge in [0.05, 0.1) is 11.4 Å². The molecule has 10 nitrogen and oxygen atoms in total. The lowest BCUT2D eigenvalue weighted by Gasteiger charge is -2.32. The van der Waals surface area contributed by atoms with Crippen LogP contribution in [0.3, 0.4) is 0 Å². The monoisotopic (exact) mass is 546 g/mol. The fraction of sp³-hybridized carbons (Fsp3) is 0.194. The summed E-state index contributed by atoms with van der Waals surface area (Å²) < 4.78 is 7.85. The Morgan fingerprint density at radius 1 is 1.00 bits per heavy atom. The first-order chi connectivity index (χ1) is 20.2. The van der Waals surface area contributed by atoms with E-state index >= 15 is 0 Å². The van der Waals surface area contributed by atoms with Gasteiger partial charge in [0.1, 0.15) is 35.2 Å². The normalized spacial score (nSPS) is 15.3. The van der Waals surface area contributed by atoms with E-state index in [2.05, 4.69) is 20.3 Å². The zero-order valence-corrected chi connectivity index (χ0v) is 22.4. The summed E-state index contributed by atoms with van der Waals surface area (Å²) in [6, 6.07) is 23.0. The molecule has 2 aromatic carbocycles. The first-order valence-electron chi connectivity index (χ1n) is 13.6. The Balaban J connectivity index is 1.20. The first-order valence-corrected chi connectivity index (χ1v) is 13.6. The van der Waals surface area contributed by atoms with Gasteiger partial charge in [-0.1, -0.05) is 30.3 Å². The van der Waals surface area contributed by atoms with E-state index in [0.717, 1.165) is 35.7 Å². The number of ether oxygens (including phenoxy) is 1. The molecule has 0 bridgehead atoms. The average Bonchev–Trinajstić information content (AvgIpc) is 3.42. The number of benzene rings is 2. The molecule has 1 aliphatic heterocycles. The van der Waals surface area contributed by atoms with E-state index in [4.69, 9.17) is 15.6 Å². The molecule has 1 atom stereocenters. The maximum absolute atomic E-state index is 13.0. The van der Waals surface area contributed by atoms with Crippen molar-refractivity contribution in [2.75, 3.05) is 30.7 Å². The smallest absolute Gasteiger partial charge is 0.246 e. The molecule has 41 heavy (non-hydrogen) atoms. The number of likely N-dealkylation sites (tertiary alicyclic amines) is 1. The van der Waals surface area contributed by atoms with Crippen LogP contribution in [0.4, 0.5) is 11.6 Å². The van der Waals surface area contributed by atoms with Gasteiger partial charge >= 0.3 is 0 Å². The Hall–Kier alpha value is -5.25. The van der Waals surface area contributed by atoms with E-state index in [1.165, 1.54) is 6.33 Å². The van der Waals surface area contributed by atoms with Gasteiger partial charge in [-0.05, 0) is 61.4 Å². The lowest BCUT2D eigenvalue weighted by atomic mass is 10.1. The second-order valence-electron chi connectivity index (χ2n) is 9.77. The molecule has 1 aliphatic rings. The number of para-hydroxylation sites is 1. The van der Waals surface area contributed by atoms with Gasteiger partial charge in [-0.15, -0.1) is 0 Å². The number of carbonyl (C=O) groups is 1. The number of anilines is 2. The molecular formula is C31H30N8O2. The molecule has 0 radical (unpaired) electrons. The summed E-state index contributed by atoms with van der Waals surface area (Å²) in [5.74, 6) is 2.59. The summed E-state index contributed by atoms with van der Waals surface area (Å²) in [5, 5.41) is 8.86. The van der Waals surface area contributed by atoms with E-state index in [-0.39, 0.29) is 11.9 Å². The second-order valence-corrected chi connectivity index (χ2v) is 9.77. The van der Waals surface area contributed by atoms with Crippen LogP contribution in [0.15, 0.2) is 97.5 Å². The second kappa shape index (κ2) is 11.9. The van der Waals surface area contributed by atoms with Crippen LogP contribution < -0.4 is 15.8 Å². The van der Waals surface area contributed by atoms with Crippen molar-refractivity contribution in [3.05, 3.63) is 97.5 Å². The number of hydrogen-bond acceptors (Lipinski definition) is 8. The standard InChI is InChI=1S/C31H30N8O2/c32-30-28-29(22-13-15-25(16-14-22)41-24-9-2-1-3-10-24)37-39(31(28)36-21-35-30)23-8-7-19-38(20-23)27(40)12-6-18-34-26-11-4-5-17-33-26/h1-6,9-17,21,23H,7-8,18-20H2,(H,33,34)(H2,32,35,36)/b12-6+. The Morgan fingerprint density at radius 2 is 1.80 bits per heavy atom. The lowest BCUT2D eigenvalue weighted by molar-refractivity contribution is -0.127. The average molecular weight is 547 g/mol. The first kappa shape index (κ1) is 26.0. The molecule has 10 heteroatoms. The van der Waals surface area contributed by atoms with Crippen LogP contribution in [0.2, 0.25) is 0 Å². The summed E-state index contributed by atoms with van der Waals surface area (Å²) in [6.45, 7) is 1.73. The predicted octanol–water partition coefficient (Wildman–Crippen LogP) is 5.09. The highest BCUT2D eigenvalue weighted by atomic mass is 16.5. The minimum absolute atomic E-state index is 0.0302. The molecule has 5 aromatic rings. The molecule has 1 saturated heterocycles. The highest BCUT2D eigenvalue weighted by Gasteiger charge is 2.28. The zero-order valence-electron chi connectivity index (χ0n) is 22.4. The number of fused-ring (bicyclic) bond motifs is 1. The molecule has 3 N–H and O–H groups in total. The molecule has 3 aromatic heterocycles. The topological polar surface area (TPSA) is 124 Å². The van der Waals surface area contributed by atoms with Crippen LogP contribution in [-0.2, 0) is 4.79 Å². The van der Waals surface area contributed by atoms with Gasteiger partial charge < -0.3 is 20.7 Å². The lowest BCUT2D eigenvalue weighted by Crippen LogP contribution is -2.40. The maximum Gasteiger partial charge on any atom is 0.246 e. The minimum atomic E-state index is -0.0426. The van der Waals surface area contributed by atoms with Gasteiger partial charge in [0.15, 0.2) is 5.65 Å². The van der Waals surface area contributed by atoms with Crippen molar-refractivity contribution in [3.63, 3.8) is 0 Å². The summed E-state index contributed by atoms with van der Waals surface area (Å²) in [5.41, 5.74) is 8.58. The highest BCUT2D eigenvalue weighted by molar-refractivity contribution is 5.98. The predicted molar refractivity (Wildman–Crippen MR) is 158 cm³/mol. The number of rotatable bonds is 8. The van der Waals surface area contributed by atoms with Crippen molar-refractivity contribution in [3.8, 4) is 22.8 Å². The van der Waals surface area contributed by atoms with E-state index in [1.807, 2.05) is 88.5 Å². The Bertz CT molecular complexity index is 1650. The van der Waals surface area contributed by atoms with Gasteiger partial charge in [-0.25, -0.2) is 19.6 Å². The van der Waals surface area contributed by atoms with E-state index in [1.54, 1.807) is 12.3 Å². The summed E-state index contributed by atoms with van der Waals surface area (Å²) in [7, 11) is 0. The number of amides is 1. The number of piperidine rings is 1. The molecule has 1 amide bonds. The molecule has 0 spiro atoms. The van der Waals surface area contributed by atoms with Crippen molar-refractivity contribution in [2.24, 2.45) is 0 Å². The van der Waals surface area contributed by atoms with Gasteiger partial charge in [0.25, 0.3) is 0 Å². The van der Waals surface area contributed by atoms with Crippen LogP contribution in [0.25, 0.3) is 22.3 Å². The molecule has 1 fully saturated rings. The summed E-state index contributed by atoms with van der Waals surface area (Å²) >= 11 is 0. The largest absolute Gasteiger partial charge is 0.457 e. The summed E-state index contributed by atoms with van der Waals surface area (Å²) in [6.07, 6.45) is 8.35. The molecule has 1 unspecified atom stereocenters. The number of carbonyl (C=O) groups excluding carboxylic acids is 1. The maximum atomic E-state index is 13.0. The summed E-state index contributed by atoms with van der Waals surface area (Å²) in [4.78, 5) is 27.9. The van der Waals surface area contributed by atoms with Crippen LogP contribution in [-0.4, -0.2) is 55.2 Å². The number of nitrogens with zero attached hydrogens (tertiary/aromatic N) is 6. The third-order valence-corrected chi connectivity index (χ3v) is 7.01. The van der Waals surface area contributed by atoms with Crippen molar-refractivity contribution in [1.29, 1.82) is 0 Å². The molecule has 4 heterocycles. The van der Waals surface area contributed by atoms with Crippen molar-refractivity contribution in [1.82, 2.24) is 29.6 Å². The SMILES string of the molecule is Nc1ncnc2c1c(-c1ccc(Oc3ccccc3)cc1)nn2C1CCCN(C(=O)/C=C/CNc2ccccn2)C1. The highest BCUT2D eigenvalue weighted by Crippen LogP contribution is 2.34. The van der Waals surface area contributed by atoms with Crippen molar-refractivity contribution in [2.45, 2.75) is 18.9 Å². The molecule has 0 saturated carbocycles. The molecular weight excluding hydrogens is 516 g/mol. The minimum Gasteiger partial charge on any atom is -0.457 e. The van der Waals surface area contributed by atoms with Gasteiger partial charge in [0, 0.05) is 37.5 Å². The van der Waals surface area contributed by atoms with Crippen molar-refractivity contribution < 1.29 is 9.53 Å². The number of hydrogen-bond donors (Lipinski definition) is 2. The number of nitrogens with two attached hydrogens (primary N) is 1. The molecule has 206 valence electrons. The fourth-order valence-electron chi connectivity index (χ4n) is 5.01. The third kappa shape index (κ3) is 5.86. The number of pyridine rings is 1. The Kier molecular flexibility index (Phi) is 7.53. The van der Waals surface area contributed by atoms with Crippen molar-refractivity contribution >= 4 is 28.6 Å². The quantitative estimate of drug-likeness (QED) is 0.258. The number of nitrogen functional groups attached to an aromatic ring is 1. The Morgan fingerprint density at radius 3 is 2.61 bits per heavy atom. The molecule has 6 rings (SSSR count). The van der Waals surface area contributed by atoms with Crippen LogP contribution >= 0.6 is 0 Å². The molecule has 0 aliphatic carbocycles. The van der Waals surface area contributed by atoms with E-state index < -0.39 is 0 Å².